The minimum atomic E-state index is -0.406. The number of ether oxygens (including phenoxy) is 3. The van der Waals surface area contributed by atoms with Crippen LogP contribution in [0.1, 0.15) is 28.4 Å². The molecule has 2 N–H and O–H groups in total. The van der Waals surface area contributed by atoms with Crippen LogP contribution in [0.2, 0.25) is 5.02 Å². The predicted octanol–water partition coefficient (Wildman–Crippen LogP) is 6.36. The number of aryl methyl sites for hydroxylation is 1. The van der Waals surface area contributed by atoms with E-state index in [1.807, 2.05) is 19.9 Å². The molecular weight excluding hydrogens is 630 g/mol. The summed E-state index contributed by atoms with van der Waals surface area (Å²) in [4.78, 5) is 24.8. The zero-order valence-electron chi connectivity index (χ0n) is 20.2. The number of hydrogen-bond donors (Lipinski definition) is 2. The summed E-state index contributed by atoms with van der Waals surface area (Å²) in [6.45, 7) is 4.02. The molecular formula is C26H24Br2ClN3O5. The molecule has 0 aliphatic heterocycles. The lowest BCUT2D eigenvalue weighted by Gasteiger charge is -2.12. The van der Waals surface area contributed by atoms with Gasteiger partial charge in [0.2, 0.25) is 0 Å². The van der Waals surface area contributed by atoms with E-state index in [1.54, 1.807) is 42.5 Å². The second-order valence-electron chi connectivity index (χ2n) is 7.61. The topological polar surface area (TPSA) is 98.3 Å². The number of nitrogens with one attached hydrogen (secondary N) is 2. The largest absolute Gasteiger partial charge is 0.493 e. The van der Waals surface area contributed by atoms with Gasteiger partial charge < -0.3 is 19.5 Å². The Balaban J connectivity index is 1.59. The Bertz CT molecular complexity index is 1310. The van der Waals surface area contributed by atoms with Crippen molar-refractivity contribution >= 4 is 67.2 Å². The van der Waals surface area contributed by atoms with Crippen LogP contribution in [-0.2, 0) is 4.79 Å². The molecule has 37 heavy (non-hydrogen) atoms. The van der Waals surface area contributed by atoms with E-state index in [-0.39, 0.29) is 12.5 Å². The lowest BCUT2D eigenvalue weighted by molar-refractivity contribution is -0.118. The van der Waals surface area contributed by atoms with Crippen molar-refractivity contribution in [1.29, 1.82) is 0 Å². The fraction of sp³-hybridized carbons (Fsp3) is 0.192. The van der Waals surface area contributed by atoms with Crippen molar-refractivity contribution in [1.82, 2.24) is 5.43 Å². The number of halogens is 3. The van der Waals surface area contributed by atoms with Gasteiger partial charge in [-0.3, -0.25) is 9.59 Å². The zero-order valence-corrected chi connectivity index (χ0v) is 24.2. The molecule has 3 aromatic carbocycles. The van der Waals surface area contributed by atoms with Crippen molar-refractivity contribution in [3.8, 4) is 17.2 Å². The molecule has 194 valence electrons. The zero-order chi connectivity index (χ0) is 26.9. The molecule has 8 nitrogen and oxygen atoms in total. The molecule has 0 aromatic heterocycles. The number of rotatable bonds is 10. The van der Waals surface area contributed by atoms with Crippen LogP contribution in [0, 0.1) is 6.92 Å². The van der Waals surface area contributed by atoms with E-state index in [4.69, 9.17) is 25.8 Å². The van der Waals surface area contributed by atoms with Crippen LogP contribution in [-0.4, -0.2) is 38.4 Å². The second kappa shape index (κ2) is 13.5. The van der Waals surface area contributed by atoms with Crippen LogP contribution in [0.5, 0.6) is 17.2 Å². The Kier molecular flexibility index (Phi) is 10.4. The molecule has 0 spiro atoms. The van der Waals surface area contributed by atoms with Gasteiger partial charge in [0.25, 0.3) is 11.8 Å². The van der Waals surface area contributed by atoms with Crippen molar-refractivity contribution < 1.29 is 23.8 Å². The van der Waals surface area contributed by atoms with Gasteiger partial charge in [-0.15, -0.1) is 0 Å². The summed E-state index contributed by atoms with van der Waals surface area (Å²) in [6.07, 6.45) is 1.48. The predicted molar refractivity (Wildman–Crippen MR) is 151 cm³/mol. The lowest BCUT2D eigenvalue weighted by atomic mass is 10.2. The summed E-state index contributed by atoms with van der Waals surface area (Å²) >= 11 is 13.0. The number of nitrogens with zero attached hydrogens (tertiary/aromatic N) is 1. The molecule has 11 heteroatoms. The molecule has 0 heterocycles. The number of anilines is 1. The van der Waals surface area contributed by atoms with Gasteiger partial charge in [-0.25, -0.2) is 5.43 Å². The highest BCUT2D eigenvalue weighted by Crippen LogP contribution is 2.34. The Labute approximate surface area is 236 Å². The van der Waals surface area contributed by atoms with E-state index >= 15 is 0 Å². The molecule has 0 unspecified atom stereocenters. The average molecular weight is 654 g/mol. The third kappa shape index (κ3) is 7.95. The van der Waals surface area contributed by atoms with E-state index in [0.717, 1.165) is 5.56 Å². The Morgan fingerprint density at radius 3 is 2.41 bits per heavy atom. The summed E-state index contributed by atoms with van der Waals surface area (Å²) in [5.74, 6) is 0.715. The van der Waals surface area contributed by atoms with Crippen LogP contribution in [0.4, 0.5) is 5.69 Å². The lowest BCUT2D eigenvalue weighted by Crippen LogP contribution is -2.20. The van der Waals surface area contributed by atoms with Crippen molar-refractivity contribution in [3.05, 3.63) is 79.2 Å². The first kappa shape index (κ1) is 28.5. The maximum Gasteiger partial charge on any atom is 0.271 e. The number of methoxy groups -OCH3 is 1. The third-order valence-electron chi connectivity index (χ3n) is 4.93. The first-order valence-electron chi connectivity index (χ1n) is 11.0. The van der Waals surface area contributed by atoms with Crippen molar-refractivity contribution in [2.45, 2.75) is 13.8 Å². The Morgan fingerprint density at radius 2 is 1.76 bits per heavy atom. The number of benzene rings is 3. The highest BCUT2D eigenvalue weighted by atomic mass is 79.9. The van der Waals surface area contributed by atoms with Crippen LogP contribution >= 0.6 is 43.5 Å². The minimum Gasteiger partial charge on any atom is -0.493 e. The van der Waals surface area contributed by atoms with Gasteiger partial charge in [0.1, 0.15) is 5.75 Å². The molecule has 2 amide bonds. The molecule has 3 aromatic rings. The molecule has 0 saturated carbocycles. The van der Waals surface area contributed by atoms with Gasteiger partial charge in [-0.2, -0.15) is 5.10 Å². The number of hydrazone groups is 1. The highest BCUT2D eigenvalue weighted by Gasteiger charge is 2.13. The van der Waals surface area contributed by atoms with Crippen molar-refractivity contribution in [2.24, 2.45) is 5.10 Å². The number of carbonyl (C=O) groups excluding carboxylic acids is 2. The monoisotopic (exact) mass is 651 g/mol. The quantitative estimate of drug-likeness (QED) is 0.196. The number of hydrogen-bond acceptors (Lipinski definition) is 6. The Morgan fingerprint density at radius 1 is 1.03 bits per heavy atom. The fourth-order valence-electron chi connectivity index (χ4n) is 3.11. The summed E-state index contributed by atoms with van der Waals surface area (Å²) in [6, 6.07) is 13.6. The average Bonchev–Trinajstić information content (AvgIpc) is 2.86. The minimum absolute atomic E-state index is 0.211. The summed E-state index contributed by atoms with van der Waals surface area (Å²) in [5, 5.41) is 7.33. The van der Waals surface area contributed by atoms with Crippen LogP contribution in [0.15, 0.2) is 62.6 Å². The molecule has 0 fully saturated rings. The SMILES string of the molecule is CCOc1ccc(C(=O)N/N=C/c2cc(Br)c(OCC(=O)Nc3ccc(C)c(Cl)c3)c(Br)c2)cc1OC. The molecule has 0 aliphatic carbocycles. The second-order valence-corrected chi connectivity index (χ2v) is 9.73. The maximum atomic E-state index is 12.5. The van der Waals surface area contributed by atoms with Crippen LogP contribution in [0.25, 0.3) is 0 Å². The highest BCUT2D eigenvalue weighted by molar-refractivity contribution is 9.11. The van der Waals surface area contributed by atoms with Crippen LogP contribution < -0.4 is 25.0 Å². The molecule has 3 rings (SSSR count). The third-order valence-corrected chi connectivity index (χ3v) is 6.51. The van der Waals surface area contributed by atoms with Crippen molar-refractivity contribution in [2.75, 3.05) is 25.6 Å². The van der Waals surface area contributed by atoms with Crippen LogP contribution in [0.3, 0.4) is 0 Å². The van der Waals surface area contributed by atoms with Crippen molar-refractivity contribution in [3.63, 3.8) is 0 Å². The Hall–Kier alpha value is -3.08. The summed E-state index contributed by atoms with van der Waals surface area (Å²) in [5.41, 5.74) is 5.03. The van der Waals surface area contributed by atoms with Gasteiger partial charge in [0.15, 0.2) is 18.1 Å². The van der Waals surface area contributed by atoms with E-state index in [2.05, 4.69) is 47.7 Å². The molecule has 0 radical (unpaired) electrons. The maximum absolute atomic E-state index is 12.5. The van der Waals surface area contributed by atoms with E-state index in [9.17, 15) is 9.59 Å². The van der Waals surface area contributed by atoms with E-state index in [1.165, 1.54) is 13.3 Å². The molecule has 0 atom stereocenters. The normalized spacial score (nSPS) is 10.8. The number of amides is 2. The molecule has 0 aliphatic rings. The van der Waals surface area contributed by atoms with E-state index in [0.29, 0.717) is 54.6 Å². The standard InChI is InChI=1S/C26H24Br2ClN3O5/c1-4-36-22-8-6-17(11-23(22)35-3)26(34)32-30-13-16-9-19(27)25(20(28)10-16)37-14-24(33)31-18-7-5-15(2)21(29)12-18/h5-13H,4,14H2,1-3H3,(H,31,33)(H,32,34)/b30-13+. The van der Waals surface area contributed by atoms with Gasteiger partial charge in [-0.1, -0.05) is 17.7 Å². The summed E-state index contributed by atoms with van der Waals surface area (Å²) < 4.78 is 17.6. The molecule has 0 saturated heterocycles. The molecule has 0 bridgehead atoms. The van der Waals surface area contributed by atoms with Gasteiger partial charge in [0, 0.05) is 16.3 Å². The first-order chi connectivity index (χ1) is 17.7. The number of carbonyl (C=O) groups is 2. The smallest absolute Gasteiger partial charge is 0.271 e. The van der Waals surface area contributed by atoms with Gasteiger partial charge in [-0.05, 0) is 99.3 Å². The first-order valence-corrected chi connectivity index (χ1v) is 13.0. The van der Waals surface area contributed by atoms with E-state index < -0.39 is 5.91 Å². The fourth-order valence-corrected chi connectivity index (χ4v) is 4.74. The van der Waals surface area contributed by atoms with Gasteiger partial charge in [0.05, 0.1) is 28.9 Å². The van der Waals surface area contributed by atoms with Gasteiger partial charge >= 0.3 is 0 Å². The summed E-state index contributed by atoms with van der Waals surface area (Å²) in [7, 11) is 1.51.